The topological polar surface area (TPSA) is 9.23 Å². The Labute approximate surface area is 209 Å². The fourth-order valence-electron chi connectivity index (χ4n) is 5.86. The molecule has 184 valence electrons. The number of fused-ring (bicyclic) bond motifs is 1. The maximum absolute atomic E-state index is 14.9. The highest BCUT2D eigenvalue weighted by Gasteiger charge is 2.36. The Morgan fingerprint density at radius 2 is 1.69 bits per heavy atom. The zero-order valence-corrected chi connectivity index (χ0v) is 20.7. The molecule has 0 bridgehead atoms. The summed E-state index contributed by atoms with van der Waals surface area (Å²) < 4.78 is 35.4. The third-order valence-electron chi connectivity index (χ3n) is 7.80. The Balaban J connectivity index is 1.40. The van der Waals surface area contributed by atoms with E-state index in [1.807, 2.05) is 37.3 Å². The molecule has 0 N–H and O–H groups in total. The average molecular weight is 475 g/mol. The molecule has 2 fully saturated rings. The van der Waals surface area contributed by atoms with Crippen LogP contribution in [0.15, 0.2) is 61.2 Å². The van der Waals surface area contributed by atoms with Crippen LogP contribution in [-0.4, -0.2) is 6.61 Å². The van der Waals surface area contributed by atoms with Gasteiger partial charge in [-0.1, -0.05) is 36.5 Å². The molecule has 2 aromatic carbocycles. The molecule has 2 aromatic rings. The maximum atomic E-state index is 14.9. The van der Waals surface area contributed by atoms with Gasteiger partial charge in [0.05, 0.1) is 5.56 Å². The summed E-state index contributed by atoms with van der Waals surface area (Å²) in [4.78, 5) is 0. The highest BCUT2D eigenvalue weighted by Crippen LogP contribution is 2.48. The van der Waals surface area contributed by atoms with Crippen molar-refractivity contribution < 1.29 is 13.5 Å². The molecule has 1 nitrogen and oxygen atoms in total. The third-order valence-corrected chi connectivity index (χ3v) is 7.80. The summed E-state index contributed by atoms with van der Waals surface area (Å²) in [5.41, 5.74) is 1.33. The third kappa shape index (κ3) is 6.63. The van der Waals surface area contributed by atoms with Gasteiger partial charge in [-0.2, -0.15) is 0 Å². The van der Waals surface area contributed by atoms with Crippen LogP contribution < -0.4 is 4.74 Å². The van der Waals surface area contributed by atoms with Crippen LogP contribution in [-0.2, 0) is 0 Å². The zero-order valence-electron chi connectivity index (χ0n) is 20.7. The van der Waals surface area contributed by atoms with Crippen LogP contribution in [0.4, 0.5) is 8.78 Å². The lowest BCUT2D eigenvalue weighted by molar-refractivity contribution is 0.115. The smallest absolute Gasteiger partial charge is 0.142 e. The van der Waals surface area contributed by atoms with E-state index in [9.17, 15) is 8.78 Å². The molecule has 4 atom stereocenters. The first-order valence-corrected chi connectivity index (χ1v) is 13.0. The second-order valence-corrected chi connectivity index (χ2v) is 10.1. The van der Waals surface area contributed by atoms with E-state index in [2.05, 4.69) is 18.4 Å². The predicted molar refractivity (Wildman–Crippen MR) is 139 cm³/mol. The lowest BCUT2D eigenvalue weighted by atomic mass is 9.63. The Kier molecular flexibility index (Phi) is 8.80. The van der Waals surface area contributed by atoms with Gasteiger partial charge in [0.25, 0.3) is 0 Å². The number of allylic oxidation sites excluding steroid dienone is 2. The van der Waals surface area contributed by atoms with Crippen LogP contribution >= 0.6 is 0 Å². The molecule has 3 heteroatoms. The Bertz CT molecular complexity index is 1070. The van der Waals surface area contributed by atoms with Gasteiger partial charge in [-0.25, -0.2) is 8.78 Å². The van der Waals surface area contributed by atoms with Crippen LogP contribution in [0, 0.1) is 41.2 Å². The van der Waals surface area contributed by atoms with Crippen molar-refractivity contribution in [3.05, 3.63) is 89.5 Å². The van der Waals surface area contributed by atoms with Gasteiger partial charge in [0, 0.05) is 5.56 Å². The van der Waals surface area contributed by atoms with E-state index in [1.165, 1.54) is 44.2 Å². The number of hydrogen-bond acceptors (Lipinski definition) is 1. The molecule has 4 rings (SSSR count). The van der Waals surface area contributed by atoms with E-state index in [4.69, 9.17) is 4.74 Å². The highest BCUT2D eigenvalue weighted by molar-refractivity contribution is 5.46. The van der Waals surface area contributed by atoms with Gasteiger partial charge in [-0.3, -0.25) is 0 Å². The molecule has 0 aromatic heterocycles. The van der Waals surface area contributed by atoms with Gasteiger partial charge >= 0.3 is 0 Å². The van der Waals surface area contributed by atoms with Gasteiger partial charge in [0.1, 0.15) is 24.0 Å². The predicted octanol–water partition coefficient (Wildman–Crippen LogP) is 8.59. The maximum Gasteiger partial charge on any atom is 0.142 e. The van der Waals surface area contributed by atoms with Gasteiger partial charge in [-0.15, -0.1) is 6.58 Å². The van der Waals surface area contributed by atoms with E-state index in [1.54, 1.807) is 12.1 Å². The van der Waals surface area contributed by atoms with Crippen LogP contribution in [0.2, 0.25) is 0 Å². The number of hydrogen-bond donors (Lipinski definition) is 0. The summed E-state index contributed by atoms with van der Waals surface area (Å²) in [6, 6.07) is 10.3. The summed E-state index contributed by atoms with van der Waals surface area (Å²) in [5, 5.41) is 0. The molecule has 0 radical (unpaired) electrons. The monoisotopic (exact) mass is 474 g/mol. The van der Waals surface area contributed by atoms with E-state index >= 15 is 0 Å². The van der Waals surface area contributed by atoms with E-state index in [0.29, 0.717) is 18.1 Å². The number of rotatable bonds is 7. The van der Waals surface area contributed by atoms with Crippen LogP contribution in [0.3, 0.4) is 0 Å². The minimum Gasteiger partial charge on any atom is -0.490 e. The fraction of sp³-hybridized carbons (Fsp3) is 0.438. The average Bonchev–Trinajstić information content (AvgIpc) is 2.87. The number of benzene rings is 2. The molecule has 2 saturated carbocycles. The second-order valence-electron chi connectivity index (χ2n) is 10.1. The van der Waals surface area contributed by atoms with Crippen molar-refractivity contribution in [2.75, 3.05) is 6.61 Å². The molecule has 2 aliphatic rings. The van der Waals surface area contributed by atoms with Crippen molar-refractivity contribution in [1.29, 1.82) is 0 Å². The summed E-state index contributed by atoms with van der Waals surface area (Å²) in [7, 11) is 0. The molecule has 4 unspecified atom stereocenters. The Hall–Kier alpha value is -2.86. The normalized spacial score (nSPS) is 23.9. The van der Waals surface area contributed by atoms with Crippen molar-refractivity contribution >= 4 is 0 Å². The van der Waals surface area contributed by atoms with Crippen LogP contribution in [0.25, 0.3) is 0 Å². The Morgan fingerprint density at radius 1 is 0.971 bits per heavy atom. The zero-order chi connectivity index (χ0) is 24.6. The standard InChI is InChI=1S/C32H36F2O/c1-3-5-7-24-8-12-26-20-27(14-13-25(26)19-24)28-21-31(33)30(32(34)22-28)17-11-23-9-15-29(16-10-23)35-18-6-4-2/h3-4,6,9-10,15-16,21-22,24-27H,1,5,7-8,12-14,18-20H2,2H3/b6-4+. The lowest BCUT2D eigenvalue weighted by Crippen LogP contribution is -2.30. The first kappa shape index (κ1) is 25.2. The minimum absolute atomic E-state index is 0.154. The van der Waals surface area contributed by atoms with Gasteiger partial charge in [0.15, 0.2) is 0 Å². The van der Waals surface area contributed by atoms with E-state index < -0.39 is 11.6 Å². The van der Waals surface area contributed by atoms with Crippen molar-refractivity contribution in [3.8, 4) is 17.6 Å². The van der Waals surface area contributed by atoms with E-state index in [0.717, 1.165) is 42.4 Å². The van der Waals surface area contributed by atoms with Crippen LogP contribution in [0.5, 0.6) is 5.75 Å². The minimum atomic E-state index is -0.561. The summed E-state index contributed by atoms with van der Waals surface area (Å²) in [6.45, 7) is 6.30. The van der Waals surface area contributed by atoms with Crippen molar-refractivity contribution in [3.63, 3.8) is 0 Å². The summed E-state index contributed by atoms with van der Waals surface area (Å²) >= 11 is 0. The number of ether oxygens (including phenoxy) is 1. The van der Waals surface area contributed by atoms with Gasteiger partial charge < -0.3 is 4.74 Å². The fourth-order valence-corrected chi connectivity index (χ4v) is 5.86. The lowest BCUT2D eigenvalue weighted by Gasteiger charge is -2.42. The molecular weight excluding hydrogens is 438 g/mol. The molecule has 35 heavy (non-hydrogen) atoms. The molecule has 0 amide bonds. The largest absolute Gasteiger partial charge is 0.490 e. The molecular formula is C32H36F2O. The molecule has 0 aliphatic heterocycles. The summed E-state index contributed by atoms with van der Waals surface area (Å²) in [6.07, 6.45) is 15.3. The first-order chi connectivity index (χ1) is 17.1. The number of halogens is 2. The van der Waals surface area contributed by atoms with E-state index in [-0.39, 0.29) is 11.5 Å². The highest BCUT2D eigenvalue weighted by atomic mass is 19.1. The van der Waals surface area contributed by atoms with Gasteiger partial charge in [0.2, 0.25) is 0 Å². The van der Waals surface area contributed by atoms with Crippen LogP contribution in [0.1, 0.15) is 80.9 Å². The quantitative estimate of drug-likeness (QED) is 0.288. The SMILES string of the molecule is C=CCCC1CCC2CC(c3cc(F)c(C#Cc4ccc(OC/C=C/C)cc4)c(F)c3)CCC2C1. The van der Waals surface area contributed by atoms with Crippen molar-refractivity contribution in [2.24, 2.45) is 17.8 Å². The molecule has 2 aliphatic carbocycles. The van der Waals surface area contributed by atoms with Crippen molar-refractivity contribution in [1.82, 2.24) is 0 Å². The first-order valence-electron chi connectivity index (χ1n) is 13.0. The Morgan fingerprint density at radius 3 is 2.40 bits per heavy atom. The molecule has 0 heterocycles. The molecule has 0 saturated heterocycles. The molecule has 0 spiro atoms. The van der Waals surface area contributed by atoms with Gasteiger partial charge in [-0.05, 0) is 118 Å². The second kappa shape index (κ2) is 12.2. The van der Waals surface area contributed by atoms with Crippen molar-refractivity contribution in [2.45, 2.75) is 64.2 Å². The summed E-state index contributed by atoms with van der Waals surface area (Å²) in [5.74, 6) is 7.72.